The van der Waals surface area contributed by atoms with Crippen LogP contribution in [0.15, 0.2) is 115 Å². The molecule has 0 radical (unpaired) electrons. The number of hydrogen-bond acceptors (Lipinski definition) is 19. The maximum atomic E-state index is 14.5. The second-order valence-electron chi connectivity index (χ2n) is 22.1. The van der Waals surface area contributed by atoms with E-state index in [4.69, 9.17) is 14.2 Å². The molecule has 494 valence electrons. The van der Waals surface area contributed by atoms with Crippen molar-refractivity contribution in [3.05, 3.63) is 144 Å². The molecule has 0 bridgehead atoms. The lowest BCUT2D eigenvalue weighted by Gasteiger charge is -2.22. The number of fused-ring (bicyclic) bond motifs is 2. The van der Waals surface area contributed by atoms with Crippen LogP contribution in [-0.4, -0.2) is 149 Å². The molecule has 0 aliphatic carbocycles. The third kappa shape index (κ3) is 17.8. The summed E-state index contributed by atoms with van der Waals surface area (Å²) in [4.78, 5) is 104. The number of aliphatic carboxylic acids is 1. The lowest BCUT2D eigenvalue weighted by molar-refractivity contribution is -0.141. The van der Waals surface area contributed by atoms with Gasteiger partial charge in [0.1, 0.15) is 53.6 Å². The van der Waals surface area contributed by atoms with Gasteiger partial charge < -0.3 is 50.4 Å². The van der Waals surface area contributed by atoms with Gasteiger partial charge in [-0.3, -0.25) is 38.7 Å². The van der Waals surface area contributed by atoms with Gasteiger partial charge in [-0.15, -0.1) is 0 Å². The number of carboxylic acid groups (broad SMARTS) is 1. The number of alkyl halides is 2. The van der Waals surface area contributed by atoms with Crippen LogP contribution in [0.25, 0.3) is 33.2 Å². The molecule has 0 saturated carbocycles. The molecule has 6 aromatic rings. The first-order valence-electron chi connectivity index (χ1n) is 29.3. The van der Waals surface area contributed by atoms with E-state index >= 15 is 0 Å². The number of likely N-dealkylation sites (tertiary alicyclic amines) is 1. The SMILES string of the molecule is C=C(CCC(=O)NC(CSSCCOC(=O)OCc1ccc(-c2ccnc3ccc(-c4cnc(OC)c(NS(=O)(=O)c5ccc(F)cc5F)c4)cc23)cn1)C(=O)O)NCCNC(=O)CCc1cccc2c1CN(C(=O)C[C@@H]1C[C@@H](C(=O)N3CC(F)(F)C[C@H]3C#N)NC1=O)C2. The Labute approximate surface area is 544 Å². The van der Waals surface area contributed by atoms with Crippen LogP contribution in [0.3, 0.4) is 0 Å². The second-order valence-corrected chi connectivity index (χ2v) is 26.4. The van der Waals surface area contributed by atoms with Crippen LogP contribution in [0, 0.1) is 28.9 Å². The average Bonchev–Trinajstić information content (AvgIpc) is 1.01. The Morgan fingerprint density at radius 3 is 2.45 bits per heavy atom. The highest BCUT2D eigenvalue weighted by atomic mass is 33.1. The second kappa shape index (κ2) is 30.9. The number of nitriles is 1. The van der Waals surface area contributed by atoms with E-state index in [0.717, 1.165) is 50.1 Å². The molecule has 3 aromatic heterocycles. The standard InChI is InChI=1S/C63H63F4N11O13S3/c1-36(69-18-19-71-55(79)15-9-37-4-3-5-40-31-77(32-48(37)40)57(81)25-41-23-52(75-58(41)82)60(83)78-35-63(66,67)27-45(78)28-68)6-14-56(80)74-53(61(84)85)34-93-92-21-20-90-62(86)91-33-44-11-7-39(29-72-44)46-16-17-70-50-12-8-38(22-47(46)50)42-24-51(59(89-2)73-30-42)76-94(87,88)54-13-10-43(64)26-49(54)65/h3-5,7-8,10-13,16-17,22,24,26,29-30,41,45,52-53,69,76H,1,6,9,14-15,18-21,23,25,27,31-35H2,2H3,(H,71,79)(H,74,80)(H,75,82)(H,84,85)/t41-,45-,52-,53?/m0/s1. The zero-order valence-corrected chi connectivity index (χ0v) is 52.8. The van der Waals surface area contributed by atoms with Gasteiger partial charge in [0, 0.05) is 116 Å². The summed E-state index contributed by atoms with van der Waals surface area (Å²) in [7, 11) is -0.858. The van der Waals surface area contributed by atoms with Crippen LogP contribution >= 0.6 is 21.6 Å². The van der Waals surface area contributed by atoms with Crippen molar-refractivity contribution in [2.75, 3.05) is 49.6 Å². The van der Waals surface area contributed by atoms with Crippen molar-refractivity contribution >= 4 is 89.9 Å². The topological polar surface area (TPSA) is 331 Å². The minimum atomic E-state index is -4.53. The zero-order chi connectivity index (χ0) is 67.3. The predicted molar refractivity (Wildman–Crippen MR) is 336 cm³/mol. The van der Waals surface area contributed by atoms with E-state index in [1.807, 2.05) is 24.3 Å². The van der Waals surface area contributed by atoms with Gasteiger partial charge in [-0.25, -0.2) is 40.6 Å². The molecule has 94 heavy (non-hydrogen) atoms. The molecule has 1 unspecified atom stereocenters. The summed E-state index contributed by atoms with van der Waals surface area (Å²) in [6.07, 6.45) is 3.35. The first-order chi connectivity index (χ1) is 45.0. The van der Waals surface area contributed by atoms with Gasteiger partial charge in [-0.1, -0.05) is 58.5 Å². The normalized spacial score (nSPS) is 16.7. The molecular weight excluding hydrogens is 1290 g/mol. The van der Waals surface area contributed by atoms with Crippen LogP contribution in [0.5, 0.6) is 5.88 Å². The molecule has 3 aliphatic rings. The molecule has 5 amide bonds. The monoisotopic (exact) mass is 1350 g/mol. The number of aromatic nitrogens is 3. The van der Waals surface area contributed by atoms with E-state index in [1.165, 1.54) is 30.2 Å². The summed E-state index contributed by atoms with van der Waals surface area (Å²) < 4.78 is 100. The fourth-order valence-corrected chi connectivity index (χ4v) is 13.8. The number of ether oxygens (including phenoxy) is 3. The van der Waals surface area contributed by atoms with Crippen molar-refractivity contribution in [3.63, 3.8) is 0 Å². The number of amides is 5. The molecule has 9 rings (SSSR count). The van der Waals surface area contributed by atoms with Crippen LogP contribution < -0.4 is 30.7 Å². The van der Waals surface area contributed by atoms with Gasteiger partial charge in [-0.2, -0.15) is 5.26 Å². The first-order valence-corrected chi connectivity index (χ1v) is 33.3. The lowest BCUT2D eigenvalue weighted by Crippen LogP contribution is -2.46. The number of methoxy groups -OCH3 is 1. The van der Waals surface area contributed by atoms with Crippen molar-refractivity contribution < 1.29 is 78.9 Å². The number of carboxylic acids is 1. The quantitative estimate of drug-likeness (QED) is 0.0117. The number of allylic oxidation sites excluding steroid dienone is 1. The van der Waals surface area contributed by atoms with Gasteiger partial charge in [0.05, 0.1) is 30.9 Å². The Kier molecular flexibility index (Phi) is 22.6. The van der Waals surface area contributed by atoms with E-state index in [0.29, 0.717) is 58.0 Å². The minimum absolute atomic E-state index is 0.00686. The number of rotatable bonds is 29. The maximum Gasteiger partial charge on any atom is 0.508 e. The van der Waals surface area contributed by atoms with Gasteiger partial charge in [0.15, 0.2) is 0 Å². The molecule has 6 N–H and O–H groups in total. The number of benzene rings is 3. The Hall–Kier alpha value is -9.54. The Morgan fingerprint density at radius 2 is 1.69 bits per heavy atom. The van der Waals surface area contributed by atoms with Crippen molar-refractivity contribution in [3.8, 4) is 34.2 Å². The molecule has 3 aliphatic heterocycles. The van der Waals surface area contributed by atoms with Gasteiger partial charge >= 0.3 is 12.1 Å². The molecule has 4 atom stereocenters. The number of hydrogen-bond donors (Lipinski definition) is 6. The molecule has 3 aromatic carbocycles. The van der Waals surface area contributed by atoms with E-state index in [1.54, 1.807) is 53.7 Å². The van der Waals surface area contributed by atoms with Crippen molar-refractivity contribution in [2.45, 2.75) is 93.6 Å². The fourth-order valence-electron chi connectivity index (χ4n) is 10.8. The Morgan fingerprint density at radius 1 is 0.904 bits per heavy atom. The van der Waals surface area contributed by atoms with Gasteiger partial charge in [-0.05, 0) is 89.5 Å². The largest absolute Gasteiger partial charge is 0.508 e. The molecular formula is C63H63F4N11O13S3. The smallest absolute Gasteiger partial charge is 0.480 e. The van der Waals surface area contributed by atoms with Gasteiger partial charge in [0.2, 0.25) is 35.4 Å². The Balaban J connectivity index is 0.625. The van der Waals surface area contributed by atoms with Crippen LogP contribution in [0.2, 0.25) is 0 Å². The van der Waals surface area contributed by atoms with Crippen LogP contribution in [0.1, 0.15) is 60.9 Å². The average molecular weight is 1350 g/mol. The van der Waals surface area contributed by atoms with Crippen molar-refractivity contribution in [2.24, 2.45) is 5.92 Å². The predicted octanol–water partition coefficient (Wildman–Crippen LogP) is 7.18. The number of sulfonamides is 1. The van der Waals surface area contributed by atoms with E-state index in [9.17, 15) is 69.9 Å². The van der Waals surface area contributed by atoms with E-state index < -0.39 is 99.3 Å². The first kappa shape index (κ1) is 68.8. The third-order valence-electron chi connectivity index (χ3n) is 15.5. The summed E-state index contributed by atoms with van der Waals surface area (Å²) in [5, 5.41) is 30.7. The molecule has 0 spiro atoms. The van der Waals surface area contributed by atoms with E-state index in [-0.39, 0.29) is 99.8 Å². The van der Waals surface area contributed by atoms with Crippen molar-refractivity contribution in [1.82, 2.24) is 46.0 Å². The number of anilines is 1. The highest BCUT2D eigenvalue weighted by Crippen LogP contribution is 2.37. The highest BCUT2D eigenvalue weighted by Gasteiger charge is 2.50. The van der Waals surface area contributed by atoms with E-state index in [2.05, 4.69) is 47.5 Å². The van der Waals surface area contributed by atoms with Crippen LogP contribution in [-0.2, 0) is 74.4 Å². The molecule has 2 saturated heterocycles. The molecule has 6 heterocycles. The van der Waals surface area contributed by atoms with Crippen molar-refractivity contribution in [1.29, 1.82) is 5.26 Å². The van der Waals surface area contributed by atoms with Gasteiger partial charge in [0.25, 0.3) is 15.9 Å². The maximum absolute atomic E-state index is 14.5. The summed E-state index contributed by atoms with van der Waals surface area (Å²) in [5.41, 5.74) is 6.61. The highest BCUT2D eigenvalue weighted by molar-refractivity contribution is 8.76. The Bertz CT molecular complexity index is 4060. The number of nitrogens with one attached hydrogen (secondary N) is 5. The summed E-state index contributed by atoms with van der Waals surface area (Å²) in [6, 6.07) is 17.8. The fraction of sp³-hybridized carbons (Fsp3) is 0.349. The number of carbonyl (C=O) groups excluding carboxylic acids is 6. The number of nitrogens with zero attached hydrogens (tertiary/aromatic N) is 6. The molecule has 24 nitrogen and oxygen atoms in total. The number of aryl methyl sites for hydroxylation is 1. The number of halogens is 4. The summed E-state index contributed by atoms with van der Waals surface area (Å²) >= 11 is 0. The minimum Gasteiger partial charge on any atom is -0.480 e. The number of pyridine rings is 3. The third-order valence-corrected chi connectivity index (χ3v) is 19.3. The number of carbonyl (C=O) groups is 7. The summed E-state index contributed by atoms with van der Waals surface area (Å²) in [6.45, 7) is 3.81. The summed E-state index contributed by atoms with van der Waals surface area (Å²) in [5.74, 6) is -9.71. The lowest BCUT2D eigenvalue weighted by atomic mass is 9.98. The zero-order valence-electron chi connectivity index (χ0n) is 50.3. The molecule has 31 heteroatoms. The molecule has 2 fully saturated rings. The van der Waals surface area contributed by atoms with Crippen LogP contribution in [0.4, 0.5) is 28.0 Å².